The number of halogens is 1. The fourth-order valence-electron chi connectivity index (χ4n) is 2.48. The van der Waals surface area contributed by atoms with Gasteiger partial charge in [0.2, 0.25) is 11.8 Å². The lowest BCUT2D eigenvalue weighted by Gasteiger charge is -2.20. The molecule has 1 unspecified atom stereocenters. The minimum atomic E-state index is -0.464. The number of nitrogens with zero attached hydrogens (tertiary/aromatic N) is 3. The van der Waals surface area contributed by atoms with Crippen LogP contribution in [-0.2, 0) is 9.59 Å². The molecule has 2 amide bonds. The molecule has 6 nitrogen and oxygen atoms in total. The summed E-state index contributed by atoms with van der Waals surface area (Å²) >= 11 is 7.63. The number of aromatic nitrogens is 1. The van der Waals surface area contributed by atoms with Gasteiger partial charge in [-0.2, -0.15) is 0 Å². The van der Waals surface area contributed by atoms with Crippen LogP contribution in [0.25, 0.3) is 10.9 Å². The van der Waals surface area contributed by atoms with Crippen LogP contribution in [0, 0.1) is 6.92 Å². The third kappa shape index (κ3) is 3.09. The molecule has 8 heteroatoms. The van der Waals surface area contributed by atoms with Crippen LogP contribution >= 0.6 is 23.4 Å². The first-order valence-corrected chi connectivity index (χ1v) is 8.51. The van der Waals surface area contributed by atoms with Gasteiger partial charge in [-0.1, -0.05) is 41.6 Å². The molecule has 0 aliphatic carbocycles. The van der Waals surface area contributed by atoms with Crippen LogP contribution in [0.15, 0.2) is 29.4 Å². The summed E-state index contributed by atoms with van der Waals surface area (Å²) in [5, 5.41) is 9.24. The molecule has 0 saturated carbocycles. The number of carbonyl (C=O) groups excluding carboxylic acids is 2. The van der Waals surface area contributed by atoms with Crippen LogP contribution in [0.2, 0.25) is 5.15 Å². The van der Waals surface area contributed by atoms with E-state index in [1.807, 2.05) is 31.2 Å². The van der Waals surface area contributed by atoms with E-state index in [9.17, 15) is 9.59 Å². The second kappa shape index (κ2) is 6.41. The van der Waals surface area contributed by atoms with E-state index in [1.165, 1.54) is 30.6 Å². The van der Waals surface area contributed by atoms with Crippen LogP contribution in [-0.4, -0.2) is 27.0 Å². The van der Waals surface area contributed by atoms with Crippen LogP contribution in [0.4, 0.5) is 0 Å². The maximum absolute atomic E-state index is 11.9. The lowest BCUT2D eigenvalue weighted by molar-refractivity contribution is -0.129. The Morgan fingerprint density at radius 1 is 1.33 bits per heavy atom. The van der Waals surface area contributed by atoms with E-state index in [0.29, 0.717) is 15.9 Å². The zero-order valence-electron chi connectivity index (χ0n) is 13.3. The third-order valence-corrected chi connectivity index (χ3v) is 4.93. The van der Waals surface area contributed by atoms with Gasteiger partial charge in [0.05, 0.1) is 5.52 Å². The Labute approximate surface area is 148 Å². The summed E-state index contributed by atoms with van der Waals surface area (Å²) < 4.78 is 0. The van der Waals surface area contributed by atoms with E-state index >= 15 is 0 Å². The lowest BCUT2D eigenvalue weighted by Crippen LogP contribution is -2.25. The number of pyridine rings is 1. The van der Waals surface area contributed by atoms with Gasteiger partial charge in [-0.25, -0.2) is 9.99 Å². The average Bonchev–Trinajstić information content (AvgIpc) is 2.90. The molecular formula is C16H15ClN4O2S. The van der Waals surface area contributed by atoms with Crippen molar-refractivity contribution in [2.75, 3.05) is 0 Å². The molecule has 0 fully saturated rings. The number of amidine groups is 1. The molecule has 1 aliphatic rings. The van der Waals surface area contributed by atoms with Gasteiger partial charge in [0, 0.05) is 24.8 Å². The molecule has 1 aromatic heterocycles. The summed E-state index contributed by atoms with van der Waals surface area (Å²) in [6, 6.07) is 7.77. The second-order valence-corrected chi connectivity index (χ2v) is 6.86. The molecule has 1 N–H and O–H groups in total. The normalized spacial score (nSPS) is 17.1. The standard InChI is InChI=1S/C16H15ClN4O2S/c1-8-5-4-6-11-7-12(14(17)19-13(8)11)15-21(10(3)23)20-16(24-15)18-9(2)22/h4-7,15H,1-3H3,(H,18,20,22). The Morgan fingerprint density at radius 2 is 2.08 bits per heavy atom. The molecule has 0 saturated heterocycles. The number of para-hydroxylation sites is 1. The monoisotopic (exact) mass is 362 g/mol. The highest BCUT2D eigenvalue weighted by Gasteiger charge is 2.34. The van der Waals surface area contributed by atoms with E-state index in [1.54, 1.807) is 0 Å². The number of aryl methyl sites for hydroxylation is 1. The maximum Gasteiger partial charge on any atom is 0.241 e. The summed E-state index contributed by atoms with van der Waals surface area (Å²) in [6.45, 7) is 4.78. The predicted molar refractivity (Wildman–Crippen MR) is 95.6 cm³/mol. The highest BCUT2D eigenvalue weighted by atomic mass is 35.5. The minimum absolute atomic E-state index is 0.242. The fraction of sp³-hybridized carbons (Fsp3) is 0.250. The summed E-state index contributed by atoms with van der Waals surface area (Å²) in [7, 11) is 0. The van der Waals surface area contributed by atoms with Crippen molar-refractivity contribution in [1.82, 2.24) is 15.3 Å². The molecule has 1 atom stereocenters. The largest absolute Gasteiger partial charge is 0.304 e. The molecule has 1 aromatic carbocycles. The Morgan fingerprint density at radius 3 is 2.75 bits per heavy atom. The first-order chi connectivity index (χ1) is 11.4. The zero-order chi connectivity index (χ0) is 17.4. The van der Waals surface area contributed by atoms with Crippen molar-refractivity contribution in [1.29, 1.82) is 0 Å². The van der Waals surface area contributed by atoms with Gasteiger partial charge in [-0.3, -0.25) is 9.59 Å². The smallest absolute Gasteiger partial charge is 0.241 e. The van der Waals surface area contributed by atoms with Crippen molar-refractivity contribution in [3.05, 3.63) is 40.5 Å². The minimum Gasteiger partial charge on any atom is -0.304 e. The number of carbonyl (C=O) groups is 2. The first kappa shape index (κ1) is 16.7. The highest BCUT2D eigenvalue weighted by molar-refractivity contribution is 8.14. The quantitative estimate of drug-likeness (QED) is 0.790. The molecule has 0 radical (unpaired) electrons. The van der Waals surface area contributed by atoms with E-state index in [2.05, 4.69) is 15.4 Å². The molecule has 0 spiro atoms. The first-order valence-electron chi connectivity index (χ1n) is 7.25. The van der Waals surface area contributed by atoms with Crippen molar-refractivity contribution in [3.63, 3.8) is 0 Å². The average molecular weight is 363 g/mol. The molecule has 124 valence electrons. The number of rotatable bonds is 1. The highest BCUT2D eigenvalue weighted by Crippen LogP contribution is 2.42. The summed E-state index contributed by atoms with van der Waals surface area (Å²) in [5.41, 5.74) is 2.53. The third-order valence-electron chi connectivity index (χ3n) is 3.54. The van der Waals surface area contributed by atoms with Crippen molar-refractivity contribution in [2.24, 2.45) is 5.10 Å². The van der Waals surface area contributed by atoms with Gasteiger partial charge in [0.15, 0.2) is 5.17 Å². The molecular weight excluding hydrogens is 348 g/mol. The van der Waals surface area contributed by atoms with E-state index in [0.717, 1.165) is 16.5 Å². The van der Waals surface area contributed by atoms with Gasteiger partial charge in [0.1, 0.15) is 10.5 Å². The fourth-order valence-corrected chi connectivity index (χ4v) is 3.94. The van der Waals surface area contributed by atoms with Crippen molar-refractivity contribution in [2.45, 2.75) is 26.1 Å². The number of nitrogens with one attached hydrogen (secondary N) is 1. The van der Waals surface area contributed by atoms with Crippen LogP contribution in [0.1, 0.15) is 30.3 Å². The van der Waals surface area contributed by atoms with Gasteiger partial charge < -0.3 is 5.32 Å². The predicted octanol–water partition coefficient (Wildman–Crippen LogP) is 3.20. The van der Waals surface area contributed by atoms with Crippen LogP contribution in [0.5, 0.6) is 0 Å². The van der Waals surface area contributed by atoms with E-state index in [-0.39, 0.29) is 11.8 Å². The number of hydrogen-bond donors (Lipinski definition) is 1. The summed E-state index contributed by atoms with van der Waals surface area (Å²) in [4.78, 5) is 27.6. The SMILES string of the molecule is CC(=O)NC1=NN(C(C)=O)C(c2cc3cccc(C)c3nc2Cl)S1. The summed E-state index contributed by atoms with van der Waals surface area (Å²) in [6.07, 6.45) is 0. The Balaban J connectivity index is 2.04. The summed E-state index contributed by atoms with van der Waals surface area (Å²) in [5.74, 6) is -0.489. The molecule has 2 aromatic rings. The van der Waals surface area contributed by atoms with Crippen LogP contribution in [0.3, 0.4) is 0 Å². The molecule has 3 rings (SSSR count). The van der Waals surface area contributed by atoms with Crippen molar-refractivity contribution < 1.29 is 9.59 Å². The van der Waals surface area contributed by atoms with E-state index < -0.39 is 5.37 Å². The van der Waals surface area contributed by atoms with Gasteiger partial charge >= 0.3 is 0 Å². The number of fused-ring (bicyclic) bond motifs is 1. The maximum atomic E-state index is 11.9. The molecule has 1 aliphatic heterocycles. The Bertz CT molecular complexity index is 884. The van der Waals surface area contributed by atoms with E-state index in [4.69, 9.17) is 11.6 Å². The Kier molecular flexibility index (Phi) is 4.47. The van der Waals surface area contributed by atoms with Gasteiger partial charge in [0.25, 0.3) is 0 Å². The molecule has 24 heavy (non-hydrogen) atoms. The topological polar surface area (TPSA) is 74.7 Å². The van der Waals surface area contributed by atoms with Crippen LogP contribution < -0.4 is 5.32 Å². The Hall–Kier alpha value is -2.12. The van der Waals surface area contributed by atoms with Gasteiger partial charge in [-0.05, 0) is 18.6 Å². The van der Waals surface area contributed by atoms with Gasteiger partial charge in [-0.15, -0.1) is 5.10 Å². The number of amides is 2. The number of thioether (sulfide) groups is 1. The molecule has 0 bridgehead atoms. The number of benzene rings is 1. The molecule has 2 heterocycles. The zero-order valence-corrected chi connectivity index (χ0v) is 14.9. The number of hydrazone groups is 1. The second-order valence-electron chi connectivity index (χ2n) is 5.44. The van der Waals surface area contributed by atoms with Crippen molar-refractivity contribution in [3.8, 4) is 0 Å². The van der Waals surface area contributed by atoms with Crippen molar-refractivity contribution >= 4 is 51.2 Å². The number of hydrogen-bond acceptors (Lipinski definition) is 5. The lowest BCUT2D eigenvalue weighted by atomic mass is 10.1.